The average Bonchev–Trinajstić information content (AvgIpc) is 2.28. The van der Waals surface area contributed by atoms with Gasteiger partial charge in [-0.1, -0.05) is 0 Å². The SMILES string of the molecule is CC(C)(C#N)CCCS(=O)c1ccc(F)cc1N. The molecule has 0 aliphatic heterocycles. The van der Waals surface area contributed by atoms with Crippen molar-refractivity contribution >= 4 is 16.5 Å². The zero-order valence-corrected chi connectivity index (χ0v) is 11.4. The van der Waals surface area contributed by atoms with Crippen LogP contribution in [0.25, 0.3) is 0 Å². The smallest absolute Gasteiger partial charge is 0.125 e. The van der Waals surface area contributed by atoms with Gasteiger partial charge in [-0.15, -0.1) is 0 Å². The Kier molecular flexibility index (Phi) is 4.85. The fourth-order valence-electron chi connectivity index (χ4n) is 1.54. The van der Waals surface area contributed by atoms with E-state index in [2.05, 4.69) is 6.07 Å². The maximum Gasteiger partial charge on any atom is 0.125 e. The second kappa shape index (κ2) is 5.96. The van der Waals surface area contributed by atoms with Crippen molar-refractivity contribution in [3.8, 4) is 6.07 Å². The van der Waals surface area contributed by atoms with Crippen LogP contribution in [0.3, 0.4) is 0 Å². The van der Waals surface area contributed by atoms with Gasteiger partial charge in [0.2, 0.25) is 0 Å². The third-order valence-corrected chi connectivity index (χ3v) is 4.17. The zero-order chi connectivity index (χ0) is 13.8. The topological polar surface area (TPSA) is 66.9 Å². The van der Waals surface area contributed by atoms with Gasteiger partial charge in [0.1, 0.15) is 5.82 Å². The Bertz CT molecular complexity index is 494. The molecule has 0 aromatic heterocycles. The summed E-state index contributed by atoms with van der Waals surface area (Å²) in [6.45, 7) is 3.70. The Morgan fingerprint density at radius 2 is 2.17 bits per heavy atom. The van der Waals surface area contributed by atoms with Gasteiger partial charge in [0.05, 0.1) is 32.9 Å². The van der Waals surface area contributed by atoms with E-state index in [0.717, 1.165) is 0 Å². The molecule has 1 aromatic carbocycles. The molecule has 3 nitrogen and oxygen atoms in total. The summed E-state index contributed by atoms with van der Waals surface area (Å²) in [4.78, 5) is 0.464. The lowest BCUT2D eigenvalue weighted by molar-refractivity contribution is 0.447. The number of rotatable bonds is 5. The van der Waals surface area contributed by atoms with Crippen LogP contribution in [0.5, 0.6) is 0 Å². The molecule has 0 heterocycles. The van der Waals surface area contributed by atoms with E-state index in [1.54, 1.807) is 0 Å². The molecular weight excluding hydrogens is 251 g/mol. The van der Waals surface area contributed by atoms with E-state index in [1.807, 2.05) is 13.8 Å². The minimum absolute atomic E-state index is 0.216. The van der Waals surface area contributed by atoms with Crippen molar-refractivity contribution in [1.82, 2.24) is 0 Å². The van der Waals surface area contributed by atoms with Crippen LogP contribution in [0.15, 0.2) is 23.1 Å². The monoisotopic (exact) mass is 268 g/mol. The van der Waals surface area contributed by atoms with E-state index in [4.69, 9.17) is 11.0 Å². The van der Waals surface area contributed by atoms with E-state index in [9.17, 15) is 8.60 Å². The Morgan fingerprint density at radius 1 is 1.50 bits per heavy atom. The first-order valence-corrected chi connectivity index (χ1v) is 7.02. The number of halogens is 1. The molecule has 0 aliphatic rings. The summed E-state index contributed by atoms with van der Waals surface area (Å²) in [5.74, 6) is -0.000117. The fraction of sp³-hybridized carbons (Fsp3) is 0.462. The van der Waals surface area contributed by atoms with Crippen molar-refractivity contribution in [1.29, 1.82) is 5.26 Å². The second-order valence-corrected chi connectivity index (χ2v) is 6.37. The van der Waals surface area contributed by atoms with Crippen molar-refractivity contribution in [2.75, 3.05) is 11.5 Å². The standard InChI is InChI=1S/C13H17FN2OS/c1-13(2,9-15)6-3-7-18(17)12-5-4-10(14)8-11(12)16/h4-5,8H,3,6-7,16H2,1-2H3. The van der Waals surface area contributed by atoms with E-state index >= 15 is 0 Å². The lowest BCUT2D eigenvalue weighted by Gasteiger charge is -2.14. The van der Waals surface area contributed by atoms with Gasteiger partial charge in [0.15, 0.2) is 0 Å². The Balaban J connectivity index is 2.59. The molecular formula is C13H17FN2OS. The summed E-state index contributed by atoms with van der Waals surface area (Å²) in [6, 6.07) is 6.08. The summed E-state index contributed by atoms with van der Waals surface area (Å²) >= 11 is 0. The highest BCUT2D eigenvalue weighted by atomic mass is 32.2. The van der Waals surface area contributed by atoms with Crippen molar-refractivity contribution in [3.63, 3.8) is 0 Å². The molecule has 0 spiro atoms. The lowest BCUT2D eigenvalue weighted by Crippen LogP contribution is -2.10. The lowest BCUT2D eigenvalue weighted by atomic mass is 9.90. The highest BCUT2D eigenvalue weighted by Gasteiger charge is 2.17. The van der Waals surface area contributed by atoms with Gasteiger partial charge in [0, 0.05) is 5.75 Å². The number of nitrogen functional groups attached to an aromatic ring is 1. The maximum atomic E-state index is 12.8. The van der Waals surface area contributed by atoms with Gasteiger partial charge >= 0.3 is 0 Å². The molecule has 1 unspecified atom stereocenters. The van der Waals surface area contributed by atoms with Gasteiger partial charge in [-0.25, -0.2) is 4.39 Å². The molecule has 0 amide bonds. The molecule has 18 heavy (non-hydrogen) atoms. The number of hydrogen-bond acceptors (Lipinski definition) is 3. The minimum Gasteiger partial charge on any atom is -0.398 e. The maximum absolute atomic E-state index is 12.8. The number of nitrogens with zero attached hydrogens (tertiary/aromatic N) is 1. The van der Waals surface area contributed by atoms with Crippen LogP contribution in [0.1, 0.15) is 26.7 Å². The molecule has 1 atom stereocenters. The summed E-state index contributed by atoms with van der Waals surface area (Å²) < 4.78 is 24.8. The minimum atomic E-state index is -1.24. The van der Waals surface area contributed by atoms with Gasteiger partial charge in [-0.05, 0) is 44.9 Å². The van der Waals surface area contributed by atoms with Crippen LogP contribution in [0, 0.1) is 22.6 Å². The highest BCUT2D eigenvalue weighted by molar-refractivity contribution is 7.85. The largest absolute Gasteiger partial charge is 0.398 e. The van der Waals surface area contributed by atoms with Crippen LogP contribution in [0.2, 0.25) is 0 Å². The van der Waals surface area contributed by atoms with Crippen LogP contribution < -0.4 is 5.73 Å². The number of benzene rings is 1. The van der Waals surface area contributed by atoms with E-state index in [0.29, 0.717) is 23.5 Å². The zero-order valence-electron chi connectivity index (χ0n) is 10.6. The number of hydrogen-bond donors (Lipinski definition) is 1. The van der Waals surface area contributed by atoms with E-state index in [1.165, 1.54) is 18.2 Å². The molecule has 0 aliphatic carbocycles. The molecule has 2 N–H and O–H groups in total. The fourth-order valence-corrected chi connectivity index (χ4v) is 2.71. The molecule has 0 saturated carbocycles. The third kappa shape index (κ3) is 4.11. The number of anilines is 1. The van der Waals surface area contributed by atoms with Crippen molar-refractivity contribution < 1.29 is 8.60 Å². The highest BCUT2D eigenvalue weighted by Crippen LogP contribution is 2.23. The summed E-state index contributed by atoms with van der Waals surface area (Å²) in [6.07, 6.45) is 1.35. The van der Waals surface area contributed by atoms with Crippen LogP contribution in [-0.4, -0.2) is 9.96 Å². The molecule has 98 valence electrons. The Hall–Kier alpha value is -1.41. The quantitative estimate of drug-likeness (QED) is 0.835. The molecule has 1 aromatic rings. The summed E-state index contributed by atoms with van der Waals surface area (Å²) in [5, 5.41) is 8.86. The van der Waals surface area contributed by atoms with Crippen LogP contribution >= 0.6 is 0 Å². The van der Waals surface area contributed by atoms with E-state index < -0.39 is 22.0 Å². The molecule has 0 fully saturated rings. The molecule has 0 bridgehead atoms. The first kappa shape index (κ1) is 14.7. The Labute approximate surface area is 109 Å². The Morgan fingerprint density at radius 3 is 2.72 bits per heavy atom. The van der Waals surface area contributed by atoms with Crippen molar-refractivity contribution in [2.45, 2.75) is 31.6 Å². The first-order chi connectivity index (χ1) is 8.35. The van der Waals surface area contributed by atoms with Gasteiger partial charge in [-0.2, -0.15) is 5.26 Å². The average molecular weight is 268 g/mol. The van der Waals surface area contributed by atoms with Crippen LogP contribution in [0.4, 0.5) is 10.1 Å². The summed E-state index contributed by atoms with van der Waals surface area (Å²) in [5.41, 5.74) is 5.43. The molecule has 1 rings (SSSR count). The second-order valence-electron chi connectivity index (χ2n) is 4.83. The predicted octanol–water partition coefficient (Wildman–Crippen LogP) is 2.85. The molecule has 0 radical (unpaired) electrons. The van der Waals surface area contributed by atoms with Crippen LogP contribution in [-0.2, 0) is 10.8 Å². The van der Waals surface area contributed by atoms with Gasteiger partial charge < -0.3 is 5.73 Å². The number of nitriles is 1. The predicted molar refractivity (Wildman–Crippen MR) is 70.7 cm³/mol. The number of nitrogens with two attached hydrogens (primary N) is 1. The van der Waals surface area contributed by atoms with Gasteiger partial charge in [0.25, 0.3) is 0 Å². The molecule has 0 saturated heterocycles. The van der Waals surface area contributed by atoms with E-state index in [-0.39, 0.29) is 5.69 Å². The first-order valence-electron chi connectivity index (χ1n) is 5.70. The van der Waals surface area contributed by atoms with Gasteiger partial charge in [-0.3, -0.25) is 4.21 Å². The third-order valence-electron chi connectivity index (χ3n) is 2.65. The molecule has 5 heteroatoms. The normalized spacial score (nSPS) is 13.0. The summed E-state index contributed by atoms with van der Waals surface area (Å²) in [7, 11) is -1.24. The van der Waals surface area contributed by atoms with Crippen molar-refractivity contribution in [3.05, 3.63) is 24.0 Å². The van der Waals surface area contributed by atoms with Crippen molar-refractivity contribution in [2.24, 2.45) is 5.41 Å².